The summed E-state index contributed by atoms with van der Waals surface area (Å²) in [5.41, 5.74) is 9.88. The second-order valence-corrected chi connectivity index (χ2v) is 15.5. The highest BCUT2D eigenvalue weighted by atomic mass is 16.5. The number of aromatic nitrogens is 4. The molecule has 1 fully saturated rings. The summed E-state index contributed by atoms with van der Waals surface area (Å²) in [6, 6.07) is 19.3. The summed E-state index contributed by atoms with van der Waals surface area (Å²) >= 11 is 0. The Kier molecular flexibility index (Phi) is 11.5. The first-order chi connectivity index (χ1) is 28.7. The van der Waals surface area contributed by atoms with Crippen molar-refractivity contribution in [1.29, 1.82) is 0 Å². The molecule has 1 atom stereocenters. The van der Waals surface area contributed by atoms with Crippen molar-refractivity contribution in [2.24, 2.45) is 5.92 Å². The van der Waals surface area contributed by atoms with Gasteiger partial charge in [-0.3, -0.25) is 14.4 Å². The quantitative estimate of drug-likeness (QED) is 0.0965. The third-order valence-corrected chi connectivity index (χ3v) is 11.2. The summed E-state index contributed by atoms with van der Waals surface area (Å²) in [6.45, 7) is 5.93. The van der Waals surface area contributed by atoms with Crippen molar-refractivity contribution in [3.05, 3.63) is 101 Å². The molecule has 3 aromatic carbocycles. The maximum absolute atomic E-state index is 14.1. The van der Waals surface area contributed by atoms with Crippen molar-refractivity contribution in [2.75, 3.05) is 26.7 Å². The number of ether oxygens (including phenoxy) is 2. The Labute approximate surface area is 343 Å². The fraction of sp³-hybridized carbons (Fsp3) is 0.378. The van der Waals surface area contributed by atoms with E-state index in [1.54, 1.807) is 16.0 Å². The molecule has 3 heterocycles. The van der Waals surface area contributed by atoms with Crippen molar-refractivity contribution in [3.8, 4) is 39.4 Å². The molecule has 3 aliphatic rings. The van der Waals surface area contributed by atoms with Gasteiger partial charge >= 0.3 is 6.09 Å². The lowest BCUT2D eigenvalue weighted by atomic mass is 9.86. The lowest BCUT2D eigenvalue weighted by Crippen LogP contribution is -2.43. The van der Waals surface area contributed by atoms with Crippen molar-refractivity contribution in [2.45, 2.75) is 78.1 Å². The molecule has 0 radical (unpaired) electrons. The van der Waals surface area contributed by atoms with E-state index in [1.165, 1.54) is 12.7 Å². The first-order valence-corrected chi connectivity index (χ1v) is 20.5. The van der Waals surface area contributed by atoms with Gasteiger partial charge in [0.05, 0.1) is 37.8 Å². The van der Waals surface area contributed by atoms with Crippen LogP contribution in [-0.2, 0) is 51.7 Å². The molecule has 0 spiro atoms. The highest BCUT2D eigenvalue weighted by Crippen LogP contribution is 2.44. The van der Waals surface area contributed by atoms with Crippen LogP contribution in [0.1, 0.15) is 79.6 Å². The zero-order valence-corrected chi connectivity index (χ0v) is 33.7. The maximum Gasteiger partial charge on any atom is 0.407 e. The maximum atomic E-state index is 14.1. The first-order valence-electron chi connectivity index (χ1n) is 20.5. The van der Waals surface area contributed by atoms with Crippen LogP contribution in [0.15, 0.2) is 66.9 Å². The molecule has 14 nitrogen and oxygen atoms in total. The van der Waals surface area contributed by atoms with Gasteiger partial charge in [0.15, 0.2) is 0 Å². The Balaban J connectivity index is 0.978. The first kappa shape index (κ1) is 39.4. The highest BCUT2D eigenvalue weighted by Gasteiger charge is 2.35. The molecule has 8 rings (SSSR count). The number of benzene rings is 3. The smallest absolute Gasteiger partial charge is 0.407 e. The molecule has 0 bridgehead atoms. The van der Waals surface area contributed by atoms with Crippen molar-refractivity contribution < 1.29 is 28.7 Å². The number of amides is 4. The minimum atomic E-state index is -0.763. The Morgan fingerprint density at radius 1 is 0.881 bits per heavy atom. The molecular formula is C45H50N8O6. The van der Waals surface area contributed by atoms with Gasteiger partial charge in [0, 0.05) is 35.8 Å². The number of methoxy groups -OCH3 is 1. The average molecular weight is 799 g/mol. The zero-order valence-electron chi connectivity index (χ0n) is 33.7. The molecule has 59 heavy (non-hydrogen) atoms. The summed E-state index contributed by atoms with van der Waals surface area (Å²) in [6.07, 6.45) is 6.02. The van der Waals surface area contributed by atoms with E-state index < -0.39 is 12.1 Å². The van der Waals surface area contributed by atoms with Gasteiger partial charge in [-0.25, -0.2) is 14.8 Å². The standard InChI is InChI=1S/C45H50N8O6/c1-4-17-52(40(54)23-47-45(57)58-3)25-39-48-35-16-14-29-20-34-32-15-13-30(19-31(32)26-59-37(34)21-33(29)42(35)50-39)36-22-46-38(49-36)24-53(18-5-2)44(56)41(27-9-7-6-8-10-27)51-43(55)28-11-12-28/h6-10,13,15,19-22,28,41H,4-5,11-12,14,16-18,23-26H2,1-3H3,(H,46,49)(H,47,57)(H,48,50)(H,51,55). The van der Waals surface area contributed by atoms with Gasteiger partial charge in [0.25, 0.3) is 0 Å². The Morgan fingerprint density at radius 3 is 2.42 bits per heavy atom. The topological polar surface area (TPSA) is 175 Å². The lowest BCUT2D eigenvalue weighted by molar-refractivity contribution is -0.137. The van der Waals surface area contributed by atoms with Crippen LogP contribution >= 0.6 is 0 Å². The van der Waals surface area contributed by atoms with Crippen LogP contribution in [-0.4, -0.2) is 80.3 Å². The summed E-state index contributed by atoms with van der Waals surface area (Å²) in [7, 11) is 1.27. The number of nitrogens with one attached hydrogen (secondary N) is 4. The van der Waals surface area contributed by atoms with Crippen LogP contribution in [0.25, 0.3) is 33.6 Å². The Bertz CT molecular complexity index is 2370. The molecule has 306 valence electrons. The Morgan fingerprint density at radius 2 is 1.66 bits per heavy atom. The third-order valence-electron chi connectivity index (χ3n) is 11.2. The number of imidazole rings is 2. The van der Waals surface area contributed by atoms with Crippen LogP contribution in [0.5, 0.6) is 5.75 Å². The minimum Gasteiger partial charge on any atom is -0.488 e. The van der Waals surface area contributed by atoms with Crippen LogP contribution in [0, 0.1) is 5.92 Å². The average Bonchev–Trinajstić information content (AvgIpc) is 3.87. The molecule has 1 saturated carbocycles. The second-order valence-electron chi connectivity index (χ2n) is 15.5. The van der Waals surface area contributed by atoms with Crippen molar-refractivity contribution >= 4 is 23.8 Å². The zero-order chi connectivity index (χ0) is 41.0. The summed E-state index contributed by atoms with van der Waals surface area (Å²) in [4.78, 5) is 71.4. The van der Waals surface area contributed by atoms with Gasteiger partial charge < -0.3 is 39.9 Å². The Hall–Kier alpha value is -6.44. The van der Waals surface area contributed by atoms with Gasteiger partial charge in [-0.15, -0.1) is 0 Å². The van der Waals surface area contributed by atoms with Crippen LogP contribution in [0.4, 0.5) is 4.79 Å². The predicted octanol–water partition coefficient (Wildman–Crippen LogP) is 6.23. The number of alkyl carbamates (subject to hydrolysis) is 1. The van der Waals surface area contributed by atoms with Crippen LogP contribution in [0.3, 0.4) is 0 Å². The number of hydrogen-bond donors (Lipinski definition) is 4. The molecule has 5 aromatic rings. The molecule has 14 heteroatoms. The normalized spacial score (nSPS) is 14.1. The highest BCUT2D eigenvalue weighted by molar-refractivity contribution is 5.90. The van der Waals surface area contributed by atoms with E-state index >= 15 is 0 Å². The van der Waals surface area contributed by atoms with E-state index in [-0.39, 0.29) is 36.7 Å². The molecule has 4 N–H and O–H groups in total. The number of rotatable bonds is 15. The van der Waals surface area contributed by atoms with Gasteiger partial charge in [-0.1, -0.05) is 56.3 Å². The van der Waals surface area contributed by atoms with Gasteiger partial charge in [-0.2, -0.15) is 0 Å². The predicted molar refractivity (Wildman–Crippen MR) is 221 cm³/mol. The third kappa shape index (κ3) is 8.57. The number of aromatic amines is 2. The fourth-order valence-corrected chi connectivity index (χ4v) is 7.99. The lowest BCUT2D eigenvalue weighted by Gasteiger charge is -2.27. The number of aryl methyl sites for hydroxylation is 2. The van der Waals surface area contributed by atoms with E-state index in [1.807, 2.05) is 44.2 Å². The van der Waals surface area contributed by atoms with E-state index in [0.717, 1.165) is 94.7 Å². The summed E-state index contributed by atoms with van der Waals surface area (Å²) in [5.74, 6) is 1.70. The monoisotopic (exact) mass is 798 g/mol. The van der Waals surface area contributed by atoms with Gasteiger partial charge in [0.1, 0.15) is 36.6 Å². The van der Waals surface area contributed by atoms with Crippen LogP contribution < -0.4 is 15.4 Å². The minimum absolute atomic E-state index is 0.0140. The van der Waals surface area contributed by atoms with E-state index in [4.69, 9.17) is 9.72 Å². The van der Waals surface area contributed by atoms with E-state index in [0.29, 0.717) is 37.9 Å². The molecule has 2 aliphatic carbocycles. The number of hydrogen-bond acceptors (Lipinski definition) is 8. The van der Waals surface area contributed by atoms with Gasteiger partial charge in [0.2, 0.25) is 17.7 Å². The summed E-state index contributed by atoms with van der Waals surface area (Å²) in [5, 5.41) is 5.50. The number of nitrogens with zero attached hydrogens (tertiary/aromatic N) is 4. The number of carbonyl (C=O) groups is 4. The SMILES string of the molecule is CCCN(Cc1nc2c([nH]1)CCc1cc3c(cc1-2)OCc1cc(-c2cnc(CN(CCC)C(=O)C(NC(=O)C4CC4)c4ccccc4)[nH]2)ccc1-3)C(=O)CNC(=O)OC. The fourth-order valence-electron chi connectivity index (χ4n) is 7.99. The largest absolute Gasteiger partial charge is 0.488 e. The van der Waals surface area contributed by atoms with Gasteiger partial charge in [-0.05, 0) is 84.5 Å². The summed E-state index contributed by atoms with van der Waals surface area (Å²) < 4.78 is 11.0. The molecular weight excluding hydrogens is 749 g/mol. The second kappa shape index (κ2) is 17.2. The van der Waals surface area contributed by atoms with Crippen molar-refractivity contribution in [3.63, 3.8) is 0 Å². The molecule has 4 amide bonds. The van der Waals surface area contributed by atoms with Crippen molar-refractivity contribution in [1.82, 2.24) is 40.4 Å². The molecule has 0 saturated heterocycles. The number of H-pyrrole nitrogens is 2. The molecule has 2 aromatic heterocycles. The molecule has 1 unspecified atom stereocenters. The number of fused-ring (bicyclic) bond motifs is 6. The van der Waals surface area contributed by atoms with Crippen LogP contribution in [0.2, 0.25) is 0 Å². The van der Waals surface area contributed by atoms with E-state index in [9.17, 15) is 19.2 Å². The van der Waals surface area contributed by atoms with E-state index in [2.05, 4.69) is 60.7 Å². The molecule has 1 aliphatic heterocycles. The number of carbonyl (C=O) groups excluding carboxylic acids is 4.